The van der Waals surface area contributed by atoms with E-state index >= 15 is 4.39 Å². The van der Waals surface area contributed by atoms with Crippen molar-refractivity contribution < 1.29 is 13.4 Å². The number of furan rings is 1. The maximum atomic E-state index is 15.6. The van der Waals surface area contributed by atoms with Gasteiger partial charge in [-0.05, 0) is 91.3 Å². The predicted octanol–water partition coefficient (Wildman–Crippen LogP) is 9.57. The van der Waals surface area contributed by atoms with E-state index in [1.54, 1.807) is 6.07 Å². The molecule has 2 aromatic heterocycles. The van der Waals surface area contributed by atoms with E-state index in [1.165, 1.54) is 56.1 Å². The normalized spacial score (nSPS) is 21.4. The molecule has 2 fully saturated rings. The lowest BCUT2D eigenvalue weighted by atomic mass is 9.66. The van der Waals surface area contributed by atoms with E-state index in [1.807, 2.05) is 31.4 Å². The number of hydrogen-bond donors (Lipinski definition) is 0. The van der Waals surface area contributed by atoms with Gasteiger partial charge in [-0.3, -0.25) is 0 Å². The van der Waals surface area contributed by atoms with Crippen molar-refractivity contribution in [3.8, 4) is 22.4 Å². The Labute approximate surface area is 230 Å². The number of halogens is 1. The molecule has 2 aliphatic rings. The van der Waals surface area contributed by atoms with Crippen LogP contribution in [0.15, 0.2) is 71.3 Å². The van der Waals surface area contributed by atoms with Crippen LogP contribution < -0.4 is 4.57 Å². The van der Waals surface area contributed by atoms with Crippen LogP contribution in [-0.2, 0) is 7.05 Å². The highest BCUT2D eigenvalue weighted by Gasteiger charge is 2.33. The van der Waals surface area contributed by atoms with Crippen molar-refractivity contribution in [3.63, 3.8) is 0 Å². The lowest BCUT2D eigenvalue weighted by Crippen LogP contribution is -2.30. The van der Waals surface area contributed by atoms with Crippen LogP contribution in [0.3, 0.4) is 0 Å². The van der Waals surface area contributed by atoms with Crippen molar-refractivity contribution in [2.75, 3.05) is 0 Å². The summed E-state index contributed by atoms with van der Waals surface area (Å²) in [5.41, 5.74) is 8.91. The van der Waals surface area contributed by atoms with Crippen molar-refractivity contribution in [1.82, 2.24) is 0 Å². The van der Waals surface area contributed by atoms with Crippen LogP contribution in [0.25, 0.3) is 44.3 Å². The molecule has 2 nitrogen and oxygen atoms in total. The summed E-state index contributed by atoms with van der Waals surface area (Å²) in [7, 11) is 2.05. The second-order valence-electron chi connectivity index (χ2n) is 12.1. The van der Waals surface area contributed by atoms with E-state index in [-0.39, 0.29) is 5.82 Å². The molecule has 39 heavy (non-hydrogen) atoms. The smallest absolute Gasteiger partial charge is 0.216 e. The van der Waals surface area contributed by atoms with Gasteiger partial charge in [0.15, 0.2) is 6.20 Å². The fourth-order valence-corrected chi connectivity index (χ4v) is 7.79. The van der Waals surface area contributed by atoms with Crippen LogP contribution in [0.2, 0.25) is 0 Å². The summed E-state index contributed by atoms with van der Waals surface area (Å²) < 4.78 is 24.4. The van der Waals surface area contributed by atoms with Gasteiger partial charge in [0.05, 0.1) is 11.1 Å². The average Bonchev–Trinajstić information content (AvgIpc) is 3.31. The summed E-state index contributed by atoms with van der Waals surface area (Å²) >= 11 is 0. The molecule has 0 spiro atoms. The summed E-state index contributed by atoms with van der Waals surface area (Å²) in [6, 6.07) is 20.5. The minimum atomic E-state index is -0.236. The van der Waals surface area contributed by atoms with Crippen molar-refractivity contribution >= 4 is 21.9 Å². The van der Waals surface area contributed by atoms with Crippen LogP contribution in [0.1, 0.15) is 67.6 Å². The Kier molecular flexibility index (Phi) is 6.06. The quantitative estimate of drug-likeness (QED) is 0.217. The van der Waals surface area contributed by atoms with E-state index in [0.29, 0.717) is 17.1 Å². The van der Waals surface area contributed by atoms with Crippen LogP contribution in [-0.4, -0.2) is 0 Å². The van der Waals surface area contributed by atoms with Gasteiger partial charge in [-0.25, -0.2) is 8.96 Å². The topological polar surface area (TPSA) is 17.0 Å². The second kappa shape index (κ2) is 9.62. The highest BCUT2D eigenvalue weighted by molar-refractivity contribution is 6.13. The zero-order chi connectivity index (χ0) is 26.7. The molecule has 0 saturated heterocycles. The van der Waals surface area contributed by atoms with Crippen LogP contribution in [0.4, 0.5) is 4.39 Å². The van der Waals surface area contributed by atoms with Gasteiger partial charge in [0.2, 0.25) is 5.69 Å². The zero-order valence-electron chi connectivity index (χ0n) is 23.3. The summed E-state index contributed by atoms with van der Waals surface area (Å²) in [6.45, 7) is 4.32. The highest BCUT2D eigenvalue weighted by atomic mass is 19.1. The Morgan fingerprint density at radius 2 is 1.54 bits per heavy atom. The Morgan fingerprint density at radius 3 is 2.33 bits per heavy atom. The fourth-order valence-electron chi connectivity index (χ4n) is 7.79. The molecule has 2 aliphatic carbocycles. The maximum Gasteiger partial charge on any atom is 0.216 e. The number of rotatable bonds is 3. The third-order valence-electron chi connectivity index (χ3n) is 9.82. The minimum Gasteiger partial charge on any atom is -0.454 e. The molecule has 3 heteroatoms. The minimum absolute atomic E-state index is 0.236. The lowest BCUT2D eigenvalue weighted by molar-refractivity contribution is -0.660. The first-order valence-electron chi connectivity index (χ1n) is 14.7. The molecule has 3 atom stereocenters. The van der Waals surface area contributed by atoms with Gasteiger partial charge in [-0.2, -0.15) is 0 Å². The molecule has 0 N–H and O–H groups in total. The predicted molar refractivity (Wildman–Crippen MR) is 157 cm³/mol. The second-order valence-corrected chi connectivity index (χ2v) is 12.1. The number of aromatic nitrogens is 1. The van der Waals surface area contributed by atoms with Gasteiger partial charge in [0.25, 0.3) is 0 Å². The molecule has 5 aromatic rings. The zero-order valence-corrected chi connectivity index (χ0v) is 23.3. The molecule has 2 saturated carbocycles. The SMILES string of the molecule is Cc1cc(-c2c(F)ccc3c2oc2c(-c4cccc[n+]4C)c(C)ccc23)ccc1C1CCC2CCCCC2C1. The lowest BCUT2D eigenvalue weighted by Gasteiger charge is -2.40. The van der Waals surface area contributed by atoms with E-state index < -0.39 is 0 Å². The Bertz CT molecular complexity index is 1710. The van der Waals surface area contributed by atoms with Crippen molar-refractivity contribution in [1.29, 1.82) is 0 Å². The van der Waals surface area contributed by atoms with E-state index in [9.17, 15) is 0 Å². The molecular weight excluding hydrogens is 481 g/mol. The molecule has 0 aliphatic heterocycles. The monoisotopic (exact) mass is 518 g/mol. The van der Waals surface area contributed by atoms with E-state index in [4.69, 9.17) is 4.42 Å². The molecule has 2 heterocycles. The van der Waals surface area contributed by atoms with Gasteiger partial charge in [-0.1, -0.05) is 56.0 Å². The summed E-state index contributed by atoms with van der Waals surface area (Å²) in [4.78, 5) is 0. The first kappa shape index (κ1) is 24.6. The van der Waals surface area contributed by atoms with Crippen molar-refractivity contribution in [2.24, 2.45) is 18.9 Å². The van der Waals surface area contributed by atoms with Gasteiger partial charge in [0, 0.05) is 22.9 Å². The number of benzene rings is 3. The molecular formula is C36H37FNO+. The average molecular weight is 519 g/mol. The molecule has 3 aromatic carbocycles. The summed E-state index contributed by atoms with van der Waals surface area (Å²) in [5, 5.41) is 1.98. The molecule has 198 valence electrons. The van der Waals surface area contributed by atoms with Crippen molar-refractivity contribution in [3.05, 3.63) is 89.4 Å². The van der Waals surface area contributed by atoms with E-state index in [2.05, 4.69) is 54.8 Å². The Hall–Kier alpha value is -3.46. The number of nitrogens with zero attached hydrogens (tertiary/aromatic N) is 1. The fraction of sp³-hybridized carbons (Fsp3) is 0.361. The van der Waals surface area contributed by atoms with E-state index in [0.717, 1.165) is 50.6 Å². The number of aryl methyl sites for hydroxylation is 3. The van der Waals surface area contributed by atoms with Crippen LogP contribution >= 0.6 is 0 Å². The third kappa shape index (κ3) is 4.09. The standard InChI is InChI=1S/C36H37FNO/c1-22-11-15-29-30-17-18-31(37)34(36(30)39-35(29)33(22)32-10-6-7-19-38(32)3)27-14-16-28(23(2)20-27)26-13-12-24-8-4-5-9-25(24)21-26/h6-7,10-11,14-20,24-26H,4-5,8-9,12-13,21H2,1-3H3/q+1. The van der Waals surface area contributed by atoms with Gasteiger partial charge in [-0.15, -0.1) is 0 Å². The number of fused-ring (bicyclic) bond motifs is 4. The molecule has 3 unspecified atom stereocenters. The first-order chi connectivity index (χ1) is 19.0. The van der Waals surface area contributed by atoms with Gasteiger partial charge < -0.3 is 4.42 Å². The van der Waals surface area contributed by atoms with Crippen LogP contribution in [0, 0.1) is 31.5 Å². The number of pyridine rings is 1. The Balaban J connectivity index is 1.33. The molecule has 7 rings (SSSR count). The third-order valence-corrected chi connectivity index (χ3v) is 9.82. The van der Waals surface area contributed by atoms with Crippen LogP contribution in [0.5, 0.6) is 0 Å². The highest BCUT2D eigenvalue weighted by Crippen LogP contribution is 2.47. The largest absolute Gasteiger partial charge is 0.454 e. The van der Waals surface area contributed by atoms with Gasteiger partial charge >= 0.3 is 0 Å². The maximum absolute atomic E-state index is 15.6. The summed E-state index contributed by atoms with van der Waals surface area (Å²) in [6.07, 6.45) is 11.7. The first-order valence-corrected chi connectivity index (χ1v) is 14.7. The molecule has 0 bridgehead atoms. The number of hydrogen-bond acceptors (Lipinski definition) is 1. The molecule has 0 amide bonds. The van der Waals surface area contributed by atoms with Crippen molar-refractivity contribution in [2.45, 2.75) is 64.7 Å². The van der Waals surface area contributed by atoms with Gasteiger partial charge in [0.1, 0.15) is 24.0 Å². The Morgan fingerprint density at radius 1 is 0.769 bits per heavy atom. The summed E-state index contributed by atoms with van der Waals surface area (Å²) in [5.74, 6) is 2.23. The molecule has 0 radical (unpaired) electrons.